The molecule has 122 valence electrons. The SMILES string of the molecule is C[C@H]1OCCN[C@@H]1C(=O)NCc1cccc(CS(C)(=O)=O)c1. The summed E-state index contributed by atoms with van der Waals surface area (Å²) in [5, 5.41) is 5.99. The number of hydrogen-bond donors (Lipinski definition) is 2. The van der Waals surface area contributed by atoms with Gasteiger partial charge in [-0.3, -0.25) is 4.79 Å². The van der Waals surface area contributed by atoms with E-state index >= 15 is 0 Å². The van der Waals surface area contributed by atoms with Crippen LogP contribution in [0.1, 0.15) is 18.1 Å². The van der Waals surface area contributed by atoms with Gasteiger partial charge in [-0.05, 0) is 18.1 Å². The highest BCUT2D eigenvalue weighted by Gasteiger charge is 2.27. The van der Waals surface area contributed by atoms with Crippen LogP contribution in [0.2, 0.25) is 0 Å². The molecule has 0 aliphatic carbocycles. The monoisotopic (exact) mass is 326 g/mol. The number of rotatable bonds is 5. The van der Waals surface area contributed by atoms with Crippen molar-refractivity contribution < 1.29 is 17.9 Å². The maximum absolute atomic E-state index is 12.1. The molecule has 1 aliphatic rings. The zero-order chi connectivity index (χ0) is 16.2. The first-order valence-corrected chi connectivity index (χ1v) is 9.29. The maximum atomic E-state index is 12.1. The summed E-state index contributed by atoms with van der Waals surface area (Å²) in [6.07, 6.45) is 1.04. The number of benzene rings is 1. The van der Waals surface area contributed by atoms with E-state index in [1.54, 1.807) is 18.2 Å². The molecule has 1 saturated heterocycles. The van der Waals surface area contributed by atoms with E-state index in [9.17, 15) is 13.2 Å². The molecule has 2 rings (SSSR count). The summed E-state index contributed by atoms with van der Waals surface area (Å²) in [5.74, 6) is -0.107. The van der Waals surface area contributed by atoms with Crippen molar-refractivity contribution in [2.45, 2.75) is 31.4 Å². The lowest BCUT2D eigenvalue weighted by Crippen LogP contribution is -2.55. The summed E-state index contributed by atoms with van der Waals surface area (Å²) < 4.78 is 28.1. The molecular weight excluding hydrogens is 304 g/mol. The van der Waals surface area contributed by atoms with Crippen LogP contribution in [-0.4, -0.2) is 45.9 Å². The third-order valence-electron chi connectivity index (χ3n) is 3.49. The molecule has 0 unspecified atom stereocenters. The number of carbonyl (C=O) groups is 1. The maximum Gasteiger partial charge on any atom is 0.240 e. The number of morpholine rings is 1. The van der Waals surface area contributed by atoms with Crippen LogP contribution < -0.4 is 10.6 Å². The van der Waals surface area contributed by atoms with E-state index in [0.717, 1.165) is 11.1 Å². The molecule has 1 aromatic rings. The second-order valence-corrected chi connectivity index (χ2v) is 7.76. The van der Waals surface area contributed by atoms with Gasteiger partial charge < -0.3 is 15.4 Å². The number of hydrogen-bond acceptors (Lipinski definition) is 5. The summed E-state index contributed by atoms with van der Waals surface area (Å²) in [6, 6.07) is 6.88. The van der Waals surface area contributed by atoms with Crippen molar-refractivity contribution >= 4 is 15.7 Å². The Balaban J connectivity index is 1.93. The molecule has 2 atom stereocenters. The molecule has 6 nitrogen and oxygen atoms in total. The Labute approximate surface area is 131 Å². The van der Waals surface area contributed by atoms with Crippen molar-refractivity contribution in [3.05, 3.63) is 35.4 Å². The van der Waals surface area contributed by atoms with Gasteiger partial charge in [0, 0.05) is 19.3 Å². The predicted octanol–water partition coefficient (Wildman–Crippen LogP) is 0.224. The smallest absolute Gasteiger partial charge is 0.240 e. The Morgan fingerprint density at radius 1 is 1.41 bits per heavy atom. The van der Waals surface area contributed by atoms with Crippen LogP contribution in [0.3, 0.4) is 0 Å². The van der Waals surface area contributed by atoms with E-state index in [-0.39, 0.29) is 23.8 Å². The van der Waals surface area contributed by atoms with Crippen LogP contribution in [0.5, 0.6) is 0 Å². The van der Waals surface area contributed by atoms with Gasteiger partial charge in [-0.25, -0.2) is 8.42 Å². The molecule has 1 aromatic carbocycles. The van der Waals surface area contributed by atoms with Crippen LogP contribution in [0, 0.1) is 0 Å². The number of amides is 1. The second-order valence-electron chi connectivity index (χ2n) is 5.62. The van der Waals surface area contributed by atoms with Crippen molar-refractivity contribution in [2.75, 3.05) is 19.4 Å². The minimum absolute atomic E-state index is 0.00381. The Hall–Kier alpha value is -1.44. The van der Waals surface area contributed by atoms with Crippen LogP contribution in [0.4, 0.5) is 0 Å². The van der Waals surface area contributed by atoms with Crippen molar-refractivity contribution in [3.63, 3.8) is 0 Å². The summed E-state index contributed by atoms with van der Waals surface area (Å²) in [6.45, 7) is 3.50. The van der Waals surface area contributed by atoms with Crippen molar-refractivity contribution in [2.24, 2.45) is 0 Å². The fraction of sp³-hybridized carbons (Fsp3) is 0.533. The molecule has 0 bridgehead atoms. The third-order valence-corrected chi connectivity index (χ3v) is 4.34. The van der Waals surface area contributed by atoms with Gasteiger partial charge in [0.25, 0.3) is 0 Å². The Morgan fingerprint density at radius 3 is 2.82 bits per heavy atom. The molecule has 1 fully saturated rings. The van der Waals surface area contributed by atoms with Crippen molar-refractivity contribution in [1.82, 2.24) is 10.6 Å². The Bertz CT molecular complexity index is 630. The number of nitrogens with one attached hydrogen (secondary N) is 2. The fourth-order valence-corrected chi connectivity index (χ4v) is 3.24. The van der Waals surface area contributed by atoms with E-state index in [4.69, 9.17) is 4.74 Å². The standard InChI is InChI=1S/C15H22N2O4S/c1-11-14(16-6-7-21-11)15(18)17-9-12-4-3-5-13(8-12)10-22(2,19)20/h3-5,8,11,14,16H,6-7,9-10H2,1-2H3,(H,17,18)/t11-,14+/m1/s1. The molecule has 2 N–H and O–H groups in total. The minimum atomic E-state index is -3.06. The third kappa shape index (κ3) is 5.08. The predicted molar refractivity (Wildman–Crippen MR) is 84.0 cm³/mol. The Morgan fingerprint density at radius 2 is 2.14 bits per heavy atom. The fourth-order valence-electron chi connectivity index (χ4n) is 2.46. The zero-order valence-electron chi connectivity index (χ0n) is 12.8. The molecule has 22 heavy (non-hydrogen) atoms. The molecule has 7 heteroatoms. The van der Waals surface area contributed by atoms with Gasteiger partial charge in [-0.2, -0.15) is 0 Å². The minimum Gasteiger partial charge on any atom is -0.375 e. The van der Waals surface area contributed by atoms with Crippen LogP contribution >= 0.6 is 0 Å². The quantitative estimate of drug-likeness (QED) is 0.809. The molecule has 1 amide bonds. The molecule has 0 radical (unpaired) electrons. The van der Waals surface area contributed by atoms with Gasteiger partial charge >= 0.3 is 0 Å². The summed E-state index contributed by atoms with van der Waals surface area (Å²) in [7, 11) is -3.06. The lowest BCUT2D eigenvalue weighted by Gasteiger charge is -2.29. The molecule has 0 aromatic heterocycles. The Kier molecular flexibility index (Phi) is 5.55. The lowest BCUT2D eigenvalue weighted by molar-refractivity contribution is -0.129. The topological polar surface area (TPSA) is 84.5 Å². The lowest BCUT2D eigenvalue weighted by atomic mass is 10.1. The van der Waals surface area contributed by atoms with E-state index in [2.05, 4.69) is 10.6 Å². The number of ether oxygens (including phenoxy) is 1. The second kappa shape index (κ2) is 7.21. The van der Waals surface area contributed by atoms with E-state index in [1.807, 2.05) is 13.0 Å². The first-order valence-electron chi connectivity index (χ1n) is 7.23. The highest BCUT2D eigenvalue weighted by Crippen LogP contribution is 2.09. The molecule has 0 spiro atoms. The molecule has 0 saturated carbocycles. The summed E-state index contributed by atoms with van der Waals surface area (Å²) in [4.78, 5) is 12.1. The number of carbonyl (C=O) groups excluding carboxylic acids is 1. The van der Waals surface area contributed by atoms with Crippen molar-refractivity contribution in [3.8, 4) is 0 Å². The van der Waals surface area contributed by atoms with Gasteiger partial charge in [0.1, 0.15) is 6.04 Å². The first-order chi connectivity index (χ1) is 10.3. The van der Waals surface area contributed by atoms with Gasteiger partial charge in [0.05, 0.1) is 18.5 Å². The van der Waals surface area contributed by atoms with Crippen LogP contribution in [0.25, 0.3) is 0 Å². The van der Waals surface area contributed by atoms with Gasteiger partial charge in [-0.15, -0.1) is 0 Å². The van der Waals surface area contributed by atoms with E-state index in [0.29, 0.717) is 19.7 Å². The molecule has 1 heterocycles. The first kappa shape index (κ1) is 16.9. The normalized spacial score (nSPS) is 22.3. The van der Waals surface area contributed by atoms with Gasteiger partial charge in [0.15, 0.2) is 9.84 Å². The summed E-state index contributed by atoms with van der Waals surface area (Å²) in [5.41, 5.74) is 1.60. The average molecular weight is 326 g/mol. The van der Waals surface area contributed by atoms with Gasteiger partial charge in [0.2, 0.25) is 5.91 Å². The van der Waals surface area contributed by atoms with E-state index < -0.39 is 9.84 Å². The van der Waals surface area contributed by atoms with Gasteiger partial charge in [-0.1, -0.05) is 24.3 Å². The number of sulfone groups is 1. The largest absolute Gasteiger partial charge is 0.375 e. The van der Waals surface area contributed by atoms with Crippen LogP contribution in [-0.2, 0) is 31.7 Å². The molecular formula is C15H22N2O4S. The highest BCUT2D eigenvalue weighted by molar-refractivity contribution is 7.89. The molecule has 1 aliphatic heterocycles. The highest BCUT2D eigenvalue weighted by atomic mass is 32.2. The van der Waals surface area contributed by atoms with Crippen LogP contribution in [0.15, 0.2) is 24.3 Å². The zero-order valence-corrected chi connectivity index (χ0v) is 13.7. The van der Waals surface area contributed by atoms with E-state index in [1.165, 1.54) is 6.26 Å². The van der Waals surface area contributed by atoms with Crippen molar-refractivity contribution in [1.29, 1.82) is 0 Å². The average Bonchev–Trinajstić information content (AvgIpc) is 2.44. The summed E-state index contributed by atoms with van der Waals surface area (Å²) >= 11 is 0.